The molecule has 1 aliphatic rings. The molecule has 3 N–H and O–H groups in total. The first-order chi connectivity index (χ1) is 9.13. The molecule has 0 spiro atoms. The van der Waals surface area contributed by atoms with E-state index in [1.54, 1.807) is 0 Å². The van der Waals surface area contributed by atoms with Crippen LogP contribution in [0.4, 0.5) is 0 Å². The van der Waals surface area contributed by atoms with Crippen molar-refractivity contribution in [2.75, 3.05) is 13.7 Å². The zero-order valence-corrected chi connectivity index (χ0v) is 10.6. The summed E-state index contributed by atoms with van der Waals surface area (Å²) in [5.74, 6) is -0.602. The number of amides is 1. The van der Waals surface area contributed by atoms with Gasteiger partial charge in [0.1, 0.15) is 11.8 Å². The van der Waals surface area contributed by atoms with E-state index in [1.165, 1.54) is 25.7 Å². The van der Waals surface area contributed by atoms with Gasteiger partial charge in [0.05, 0.1) is 24.9 Å². The molecule has 2 rings (SSSR count). The third-order valence-electron chi connectivity index (χ3n) is 3.29. The second kappa shape index (κ2) is 6.05. The number of nitrogens with zero attached hydrogens (tertiary/aromatic N) is 2. The molecule has 1 saturated carbocycles. The van der Waals surface area contributed by atoms with Crippen molar-refractivity contribution in [2.24, 2.45) is 5.92 Å². The van der Waals surface area contributed by atoms with Crippen molar-refractivity contribution < 1.29 is 19.7 Å². The van der Waals surface area contributed by atoms with Gasteiger partial charge in [-0.15, -0.1) is 0 Å². The maximum absolute atomic E-state index is 11.9. The number of aromatic nitrogens is 2. The number of hydrogen-bond acceptors (Lipinski definition) is 6. The van der Waals surface area contributed by atoms with Crippen LogP contribution >= 0.6 is 0 Å². The number of aliphatic hydroxyl groups excluding tert-OH is 2. The topological polar surface area (TPSA) is 105 Å². The fourth-order valence-corrected chi connectivity index (χ4v) is 2.31. The van der Waals surface area contributed by atoms with E-state index < -0.39 is 24.2 Å². The first-order valence-corrected chi connectivity index (χ1v) is 6.05. The molecule has 4 atom stereocenters. The number of ether oxygens (including phenoxy) is 1. The van der Waals surface area contributed by atoms with Gasteiger partial charge in [-0.1, -0.05) is 0 Å². The summed E-state index contributed by atoms with van der Waals surface area (Å²) in [7, 11) is 1.53. The summed E-state index contributed by atoms with van der Waals surface area (Å²) < 4.78 is 4.98. The van der Waals surface area contributed by atoms with E-state index in [4.69, 9.17) is 4.74 Å². The van der Waals surface area contributed by atoms with E-state index >= 15 is 0 Å². The quantitative estimate of drug-likeness (QED) is 0.644. The number of carbonyl (C=O) groups is 1. The summed E-state index contributed by atoms with van der Waals surface area (Å²) in [6, 6.07) is -0.510. The number of methoxy groups -OCH3 is 1. The number of carbonyl (C=O) groups excluding carboxylic acids is 1. The molecule has 1 heterocycles. The number of hydrogen-bond donors (Lipinski definition) is 3. The fourth-order valence-electron chi connectivity index (χ4n) is 2.31. The fraction of sp³-hybridized carbons (Fsp3) is 0.583. The summed E-state index contributed by atoms with van der Waals surface area (Å²) >= 11 is 0. The minimum Gasteiger partial charge on any atom is -0.390 e. The van der Waals surface area contributed by atoms with Crippen LogP contribution in [0, 0.1) is 5.92 Å². The Bertz CT molecular complexity index is 428. The zero-order valence-electron chi connectivity index (χ0n) is 10.6. The molecule has 1 amide bonds. The van der Waals surface area contributed by atoms with Crippen molar-refractivity contribution in [3.63, 3.8) is 0 Å². The van der Waals surface area contributed by atoms with E-state index in [0.29, 0.717) is 13.0 Å². The van der Waals surface area contributed by atoms with Crippen LogP contribution in [-0.4, -0.2) is 58.1 Å². The van der Waals surface area contributed by atoms with Gasteiger partial charge in [-0.25, -0.2) is 4.98 Å². The number of aliphatic hydroxyl groups is 2. The molecule has 1 fully saturated rings. The van der Waals surface area contributed by atoms with Crippen LogP contribution in [-0.2, 0) is 4.74 Å². The molecule has 7 heteroatoms. The minimum absolute atomic E-state index is 0.180. The second-order valence-corrected chi connectivity index (χ2v) is 4.60. The Labute approximate surface area is 110 Å². The maximum atomic E-state index is 11.9. The average molecular weight is 267 g/mol. The van der Waals surface area contributed by atoms with Crippen LogP contribution in [0.3, 0.4) is 0 Å². The predicted molar refractivity (Wildman–Crippen MR) is 65.3 cm³/mol. The molecule has 0 aliphatic heterocycles. The standard InChI is InChI=1S/C12H17N3O4/c1-19-6-7-4-8(11(17)10(7)16)15-12(18)9-5-13-2-3-14-9/h2-3,5,7-8,10-11,16-17H,4,6H2,1H3,(H,15,18). The molecule has 1 aromatic heterocycles. The molecule has 104 valence electrons. The summed E-state index contributed by atoms with van der Waals surface area (Å²) in [6.07, 6.45) is 2.80. The lowest BCUT2D eigenvalue weighted by Gasteiger charge is -2.17. The molecular weight excluding hydrogens is 250 g/mol. The highest BCUT2D eigenvalue weighted by Gasteiger charge is 2.42. The first kappa shape index (κ1) is 13.9. The largest absolute Gasteiger partial charge is 0.390 e. The summed E-state index contributed by atoms with van der Waals surface area (Å²) in [5, 5.41) is 22.4. The first-order valence-electron chi connectivity index (χ1n) is 6.05. The highest BCUT2D eigenvalue weighted by molar-refractivity contribution is 5.92. The molecule has 4 unspecified atom stereocenters. The SMILES string of the molecule is COCC1CC(NC(=O)c2cnccn2)C(O)C1O. The second-order valence-electron chi connectivity index (χ2n) is 4.60. The Morgan fingerprint density at radius 2 is 2.26 bits per heavy atom. The Kier molecular flexibility index (Phi) is 4.41. The Hall–Kier alpha value is -1.57. The molecule has 7 nitrogen and oxygen atoms in total. The predicted octanol–water partition coefficient (Wildman–Crippen LogP) is -1.04. The van der Waals surface area contributed by atoms with Gasteiger partial charge in [0, 0.05) is 25.4 Å². The van der Waals surface area contributed by atoms with Gasteiger partial charge in [-0.2, -0.15) is 0 Å². The highest BCUT2D eigenvalue weighted by Crippen LogP contribution is 2.27. The van der Waals surface area contributed by atoms with E-state index in [0.717, 1.165) is 0 Å². The van der Waals surface area contributed by atoms with Crippen LogP contribution in [0.1, 0.15) is 16.9 Å². The Balaban J connectivity index is 1.98. The van der Waals surface area contributed by atoms with Crippen LogP contribution in [0.15, 0.2) is 18.6 Å². The zero-order chi connectivity index (χ0) is 13.8. The van der Waals surface area contributed by atoms with Crippen molar-refractivity contribution in [1.82, 2.24) is 15.3 Å². The lowest BCUT2D eigenvalue weighted by atomic mass is 10.1. The lowest BCUT2D eigenvalue weighted by molar-refractivity contribution is -0.00554. The smallest absolute Gasteiger partial charge is 0.271 e. The summed E-state index contributed by atoms with van der Waals surface area (Å²) in [6.45, 7) is 0.343. The monoisotopic (exact) mass is 267 g/mol. The molecule has 0 radical (unpaired) electrons. The molecule has 0 bridgehead atoms. The van der Waals surface area contributed by atoms with Gasteiger partial charge in [-0.05, 0) is 6.42 Å². The van der Waals surface area contributed by atoms with Crippen molar-refractivity contribution in [3.8, 4) is 0 Å². The van der Waals surface area contributed by atoms with E-state index in [2.05, 4.69) is 15.3 Å². The Morgan fingerprint density at radius 1 is 1.47 bits per heavy atom. The van der Waals surface area contributed by atoms with Crippen molar-refractivity contribution in [1.29, 1.82) is 0 Å². The third-order valence-corrected chi connectivity index (χ3v) is 3.29. The highest BCUT2D eigenvalue weighted by atomic mass is 16.5. The molecule has 0 aromatic carbocycles. The van der Waals surface area contributed by atoms with E-state index in [1.807, 2.05) is 0 Å². The van der Waals surface area contributed by atoms with Crippen molar-refractivity contribution in [2.45, 2.75) is 24.7 Å². The van der Waals surface area contributed by atoms with Crippen molar-refractivity contribution in [3.05, 3.63) is 24.3 Å². The van der Waals surface area contributed by atoms with Gasteiger partial charge >= 0.3 is 0 Å². The normalized spacial score (nSPS) is 30.3. The average Bonchev–Trinajstić information content (AvgIpc) is 2.69. The minimum atomic E-state index is -0.999. The van der Waals surface area contributed by atoms with Gasteiger partial charge in [0.2, 0.25) is 0 Å². The third kappa shape index (κ3) is 3.06. The molecule has 19 heavy (non-hydrogen) atoms. The number of nitrogens with one attached hydrogen (secondary N) is 1. The van der Waals surface area contributed by atoms with Crippen LogP contribution in [0.25, 0.3) is 0 Å². The summed E-state index contributed by atoms with van der Waals surface area (Å²) in [5.41, 5.74) is 0.180. The van der Waals surface area contributed by atoms with Gasteiger partial charge in [-0.3, -0.25) is 9.78 Å². The van der Waals surface area contributed by atoms with E-state index in [9.17, 15) is 15.0 Å². The molecule has 1 aromatic rings. The lowest BCUT2D eigenvalue weighted by Crippen LogP contribution is -2.43. The van der Waals surface area contributed by atoms with Crippen LogP contribution in [0.2, 0.25) is 0 Å². The molecule has 0 saturated heterocycles. The summed E-state index contributed by atoms with van der Waals surface area (Å²) in [4.78, 5) is 19.6. The van der Waals surface area contributed by atoms with Gasteiger partial charge in [0.15, 0.2) is 0 Å². The van der Waals surface area contributed by atoms with E-state index in [-0.39, 0.29) is 11.6 Å². The van der Waals surface area contributed by atoms with Gasteiger partial charge in [0.25, 0.3) is 5.91 Å². The van der Waals surface area contributed by atoms with Crippen LogP contribution in [0.5, 0.6) is 0 Å². The van der Waals surface area contributed by atoms with Gasteiger partial charge < -0.3 is 20.3 Å². The maximum Gasteiger partial charge on any atom is 0.271 e. The molecule has 1 aliphatic carbocycles. The molecular formula is C12H17N3O4. The van der Waals surface area contributed by atoms with Crippen molar-refractivity contribution >= 4 is 5.91 Å². The number of rotatable bonds is 4. The Morgan fingerprint density at radius 3 is 2.89 bits per heavy atom. The van der Waals surface area contributed by atoms with Crippen LogP contribution < -0.4 is 5.32 Å².